The quantitative estimate of drug-likeness (QED) is 0.879. The van der Waals surface area contributed by atoms with Gasteiger partial charge in [-0.1, -0.05) is 0 Å². The zero-order valence-corrected chi connectivity index (χ0v) is 10.8. The van der Waals surface area contributed by atoms with Crippen molar-refractivity contribution in [3.63, 3.8) is 0 Å². The number of carboxylic acids is 1. The SMILES string of the molecule is CN1CCCC(c2nc3c(C(=O)O)cccn3n2)C1. The number of piperidine rings is 1. The van der Waals surface area contributed by atoms with Crippen molar-refractivity contribution in [2.24, 2.45) is 0 Å². The minimum Gasteiger partial charge on any atom is -0.478 e. The number of aromatic nitrogens is 3. The maximum Gasteiger partial charge on any atom is 0.339 e. The third-order valence-electron chi connectivity index (χ3n) is 3.60. The summed E-state index contributed by atoms with van der Waals surface area (Å²) in [4.78, 5) is 17.9. The van der Waals surface area contributed by atoms with Crippen LogP contribution in [0.25, 0.3) is 5.65 Å². The average molecular weight is 260 g/mol. The average Bonchev–Trinajstić information content (AvgIpc) is 2.82. The molecule has 1 N–H and O–H groups in total. The fourth-order valence-electron chi connectivity index (χ4n) is 2.64. The fourth-order valence-corrected chi connectivity index (χ4v) is 2.64. The molecule has 0 spiro atoms. The molecule has 6 heteroatoms. The van der Waals surface area contributed by atoms with Gasteiger partial charge in [-0.3, -0.25) is 0 Å². The number of hydrogen-bond acceptors (Lipinski definition) is 4. The van der Waals surface area contributed by atoms with Gasteiger partial charge in [0, 0.05) is 18.7 Å². The first-order chi connectivity index (χ1) is 9.15. The molecule has 0 aliphatic carbocycles. The van der Waals surface area contributed by atoms with Crippen molar-refractivity contribution >= 4 is 11.6 Å². The van der Waals surface area contributed by atoms with Crippen LogP contribution < -0.4 is 0 Å². The Morgan fingerprint density at radius 1 is 1.53 bits per heavy atom. The summed E-state index contributed by atoms with van der Waals surface area (Å²) in [7, 11) is 2.09. The van der Waals surface area contributed by atoms with Gasteiger partial charge in [-0.05, 0) is 38.6 Å². The number of fused-ring (bicyclic) bond motifs is 1. The van der Waals surface area contributed by atoms with Crippen LogP contribution in [0.2, 0.25) is 0 Å². The molecule has 0 amide bonds. The van der Waals surface area contributed by atoms with E-state index in [1.165, 1.54) is 0 Å². The molecule has 6 nitrogen and oxygen atoms in total. The number of hydrogen-bond donors (Lipinski definition) is 1. The maximum absolute atomic E-state index is 11.2. The normalized spacial score (nSPS) is 20.8. The van der Waals surface area contributed by atoms with E-state index in [9.17, 15) is 4.79 Å². The summed E-state index contributed by atoms with van der Waals surface area (Å²) in [6.07, 6.45) is 3.93. The third kappa shape index (κ3) is 2.19. The number of nitrogens with zero attached hydrogens (tertiary/aromatic N) is 4. The highest BCUT2D eigenvalue weighted by molar-refractivity contribution is 5.94. The van der Waals surface area contributed by atoms with Gasteiger partial charge in [-0.25, -0.2) is 14.3 Å². The maximum atomic E-state index is 11.2. The second kappa shape index (κ2) is 4.62. The van der Waals surface area contributed by atoms with E-state index < -0.39 is 5.97 Å². The van der Waals surface area contributed by atoms with Gasteiger partial charge in [0.05, 0.1) is 0 Å². The molecule has 2 aromatic rings. The van der Waals surface area contributed by atoms with E-state index in [0.29, 0.717) is 11.6 Å². The van der Waals surface area contributed by atoms with Crippen molar-refractivity contribution in [3.8, 4) is 0 Å². The number of aromatic carboxylic acids is 1. The zero-order chi connectivity index (χ0) is 13.4. The Morgan fingerprint density at radius 3 is 3.11 bits per heavy atom. The van der Waals surface area contributed by atoms with E-state index in [1.54, 1.807) is 22.8 Å². The first-order valence-electron chi connectivity index (χ1n) is 6.42. The molecule has 0 bridgehead atoms. The molecule has 0 saturated carbocycles. The Kier molecular flexibility index (Phi) is 2.94. The van der Waals surface area contributed by atoms with Gasteiger partial charge in [0.25, 0.3) is 0 Å². The minimum absolute atomic E-state index is 0.199. The second-order valence-corrected chi connectivity index (χ2v) is 5.07. The number of carboxylic acid groups (broad SMARTS) is 1. The molecule has 1 atom stereocenters. The van der Waals surface area contributed by atoms with Crippen LogP contribution in [0.3, 0.4) is 0 Å². The topological polar surface area (TPSA) is 70.7 Å². The van der Waals surface area contributed by atoms with Crippen molar-refractivity contribution in [1.82, 2.24) is 19.5 Å². The summed E-state index contributed by atoms with van der Waals surface area (Å²) >= 11 is 0. The molecule has 1 saturated heterocycles. The molecule has 1 aliphatic rings. The lowest BCUT2D eigenvalue weighted by atomic mass is 9.98. The van der Waals surface area contributed by atoms with E-state index in [-0.39, 0.29) is 5.56 Å². The molecule has 1 unspecified atom stereocenters. The van der Waals surface area contributed by atoms with Crippen molar-refractivity contribution in [3.05, 3.63) is 29.7 Å². The number of carbonyl (C=O) groups is 1. The predicted molar refractivity (Wildman–Crippen MR) is 69.4 cm³/mol. The van der Waals surface area contributed by atoms with Crippen LogP contribution in [0.15, 0.2) is 18.3 Å². The summed E-state index contributed by atoms with van der Waals surface area (Å²) in [6.45, 7) is 2.03. The third-order valence-corrected chi connectivity index (χ3v) is 3.60. The second-order valence-electron chi connectivity index (χ2n) is 5.07. The highest BCUT2D eigenvalue weighted by atomic mass is 16.4. The van der Waals surface area contributed by atoms with Gasteiger partial charge < -0.3 is 10.0 Å². The van der Waals surface area contributed by atoms with Crippen LogP contribution in [-0.4, -0.2) is 50.7 Å². The minimum atomic E-state index is -0.967. The fraction of sp³-hybridized carbons (Fsp3) is 0.462. The van der Waals surface area contributed by atoms with E-state index in [0.717, 1.165) is 31.8 Å². The van der Waals surface area contributed by atoms with Crippen LogP contribution in [0.5, 0.6) is 0 Å². The summed E-state index contributed by atoms with van der Waals surface area (Å²) in [6, 6.07) is 3.24. The van der Waals surface area contributed by atoms with Crippen molar-refractivity contribution in [2.45, 2.75) is 18.8 Å². The standard InChI is InChI=1S/C13H16N4O2/c1-16-6-2-4-9(8-16)11-14-12-10(13(18)19)5-3-7-17(12)15-11/h3,5,7,9H,2,4,6,8H2,1H3,(H,18,19). The number of rotatable bonds is 2. The molecule has 19 heavy (non-hydrogen) atoms. The molecule has 1 aliphatic heterocycles. The first-order valence-corrected chi connectivity index (χ1v) is 6.42. The Morgan fingerprint density at radius 2 is 2.37 bits per heavy atom. The van der Waals surface area contributed by atoms with E-state index in [1.807, 2.05) is 0 Å². The van der Waals surface area contributed by atoms with Gasteiger partial charge in [0.2, 0.25) is 0 Å². The highest BCUT2D eigenvalue weighted by Gasteiger charge is 2.23. The van der Waals surface area contributed by atoms with Crippen LogP contribution in [0, 0.1) is 0 Å². The molecule has 0 aromatic carbocycles. The molecule has 2 aromatic heterocycles. The Balaban J connectivity index is 2.01. The lowest BCUT2D eigenvalue weighted by Gasteiger charge is -2.27. The summed E-state index contributed by atoms with van der Waals surface area (Å²) in [5.41, 5.74) is 0.628. The Labute approximate surface area is 110 Å². The van der Waals surface area contributed by atoms with Crippen LogP contribution in [-0.2, 0) is 0 Å². The van der Waals surface area contributed by atoms with Gasteiger partial charge >= 0.3 is 5.97 Å². The van der Waals surface area contributed by atoms with E-state index in [4.69, 9.17) is 5.11 Å². The predicted octanol–water partition coefficient (Wildman–Crippen LogP) is 1.24. The van der Waals surface area contributed by atoms with Crippen molar-refractivity contribution in [1.29, 1.82) is 0 Å². The first kappa shape index (κ1) is 12.1. The van der Waals surface area contributed by atoms with Gasteiger partial charge in [0.1, 0.15) is 5.56 Å². The van der Waals surface area contributed by atoms with Gasteiger partial charge in [-0.15, -0.1) is 0 Å². The summed E-state index contributed by atoms with van der Waals surface area (Å²) < 4.78 is 1.56. The van der Waals surface area contributed by atoms with Crippen LogP contribution in [0.1, 0.15) is 34.9 Å². The van der Waals surface area contributed by atoms with Gasteiger partial charge in [-0.2, -0.15) is 5.10 Å². The van der Waals surface area contributed by atoms with E-state index in [2.05, 4.69) is 22.0 Å². The lowest BCUT2D eigenvalue weighted by molar-refractivity contribution is 0.0698. The Hall–Kier alpha value is -1.95. The highest BCUT2D eigenvalue weighted by Crippen LogP contribution is 2.24. The van der Waals surface area contributed by atoms with Gasteiger partial charge in [0.15, 0.2) is 11.5 Å². The molecule has 1 fully saturated rings. The molecule has 3 rings (SSSR count). The largest absolute Gasteiger partial charge is 0.478 e. The Bertz CT molecular complexity index is 622. The van der Waals surface area contributed by atoms with Crippen LogP contribution >= 0.6 is 0 Å². The lowest BCUT2D eigenvalue weighted by Crippen LogP contribution is -2.31. The molecule has 3 heterocycles. The summed E-state index contributed by atoms with van der Waals surface area (Å²) in [5.74, 6) is 0.0749. The van der Waals surface area contributed by atoms with Crippen molar-refractivity contribution in [2.75, 3.05) is 20.1 Å². The molecular weight excluding hydrogens is 244 g/mol. The number of likely N-dealkylation sites (tertiary alicyclic amines) is 1. The summed E-state index contributed by atoms with van der Waals surface area (Å²) in [5, 5.41) is 13.6. The number of likely N-dealkylation sites (N-methyl/N-ethyl adjacent to an activating group) is 1. The number of pyridine rings is 1. The zero-order valence-electron chi connectivity index (χ0n) is 10.8. The van der Waals surface area contributed by atoms with E-state index >= 15 is 0 Å². The van der Waals surface area contributed by atoms with Crippen molar-refractivity contribution < 1.29 is 9.90 Å². The van der Waals surface area contributed by atoms with Crippen LogP contribution in [0.4, 0.5) is 0 Å². The molecule has 0 radical (unpaired) electrons. The smallest absolute Gasteiger partial charge is 0.339 e. The monoisotopic (exact) mass is 260 g/mol. The molecular formula is C13H16N4O2. The molecule has 100 valence electrons.